The summed E-state index contributed by atoms with van der Waals surface area (Å²) in [7, 11) is -0.446. The number of benzene rings is 6. The molecule has 0 unspecified atom stereocenters. The third-order valence-electron chi connectivity index (χ3n) is 6.93. The minimum atomic E-state index is -3.15. The van der Waals surface area contributed by atoms with Crippen LogP contribution in [-0.4, -0.2) is 0 Å². The zero-order chi connectivity index (χ0) is 27.7. The van der Waals surface area contributed by atoms with E-state index in [4.69, 9.17) is 11.2 Å². The fourth-order valence-electron chi connectivity index (χ4n) is 4.84. The van der Waals surface area contributed by atoms with Gasteiger partial charge >= 0.3 is 153 Å². The summed E-state index contributed by atoms with van der Waals surface area (Å²) in [6.07, 6.45) is 0. The second-order valence-electron chi connectivity index (χ2n) is 9.53. The molecule has 0 N–H and O–H groups in total. The fraction of sp³-hybridized carbons (Fsp3) is 0. The van der Waals surface area contributed by atoms with E-state index in [0.717, 1.165) is 15.9 Å². The van der Waals surface area contributed by atoms with Crippen molar-refractivity contribution in [1.29, 1.82) is 0 Å². The predicted molar refractivity (Wildman–Crippen MR) is 182 cm³/mol. The van der Waals surface area contributed by atoms with Crippen LogP contribution in [-0.2, 0) is 22.4 Å². The summed E-state index contributed by atoms with van der Waals surface area (Å²) in [6, 6.07) is 63.0. The molecule has 6 aromatic carbocycles. The standard InChI is InChI=1S/C19H17ClP.C18H15P.Au/c1-21(20,17-11-5-2-6-12-17,18-13-7-3-8-14-18)19-15-9-4-10-16-19;1-4-10-16(11-5-1)19(17-12-6-2-7-13-17)18-14-8-3-9-15-18;/h2-16H,1H2;1-15H;/q-1;;+1. The Hall–Kier alpha value is -2.79. The molecule has 0 aliphatic heterocycles. The van der Waals surface area contributed by atoms with Crippen LogP contribution in [0.25, 0.3) is 0 Å². The maximum atomic E-state index is 7.39. The van der Waals surface area contributed by atoms with Gasteiger partial charge in [-0.05, 0) is 23.8 Å². The molecule has 0 spiro atoms. The quantitative estimate of drug-likeness (QED) is 0.0919. The van der Waals surface area contributed by atoms with Gasteiger partial charge in [0.1, 0.15) is 0 Å². The van der Waals surface area contributed by atoms with Crippen LogP contribution in [0, 0.1) is 6.66 Å². The Bertz CT molecular complexity index is 1400. The summed E-state index contributed by atoms with van der Waals surface area (Å²) in [6.45, 7) is 4.61. The van der Waals surface area contributed by atoms with Crippen molar-refractivity contribution in [1.82, 2.24) is 0 Å². The van der Waals surface area contributed by atoms with Crippen LogP contribution in [0.15, 0.2) is 182 Å². The van der Waals surface area contributed by atoms with Crippen LogP contribution in [0.2, 0.25) is 0 Å². The van der Waals surface area contributed by atoms with Gasteiger partial charge < -0.3 is 0 Å². The molecule has 6 rings (SSSR count). The van der Waals surface area contributed by atoms with E-state index in [1.807, 2.05) is 54.6 Å². The molecule has 0 saturated heterocycles. The molecular weight excluding hydrogens is 739 g/mol. The number of hydrogen-bond acceptors (Lipinski definition) is 0. The molecule has 0 atom stereocenters. The zero-order valence-electron chi connectivity index (χ0n) is 22.6. The van der Waals surface area contributed by atoms with Gasteiger partial charge in [0.15, 0.2) is 0 Å². The summed E-state index contributed by atoms with van der Waals surface area (Å²) < 4.78 is 0. The number of hydrogen-bond donors (Lipinski definition) is 0. The molecule has 6 aromatic rings. The van der Waals surface area contributed by atoms with Crippen molar-refractivity contribution in [2.75, 3.05) is 0 Å². The molecule has 0 radical (unpaired) electrons. The molecule has 208 valence electrons. The van der Waals surface area contributed by atoms with E-state index in [1.165, 1.54) is 15.9 Å². The first-order chi connectivity index (χ1) is 19.6. The van der Waals surface area contributed by atoms with Crippen molar-refractivity contribution < 1.29 is 22.4 Å². The van der Waals surface area contributed by atoms with E-state index in [0.29, 0.717) is 0 Å². The Balaban J connectivity index is 0.000000185. The Labute approximate surface area is 266 Å². The Kier molecular flexibility index (Phi) is 10.9. The van der Waals surface area contributed by atoms with Gasteiger partial charge in [0, 0.05) is 0 Å². The maximum Gasteiger partial charge on any atom is -0.0134 e. The molecule has 0 aliphatic rings. The maximum absolute atomic E-state index is 7.39. The van der Waals surface area contributed by atoms with E-state index in [-0.39, 0.29) is 22.4 Å². The molecule has 41 heavy (non-hydrogen) atoms. The monoisotopic (exact) mass is 770 g/mol. The molecule has 0 bridgehead atoms. The summed E-state index contributed by atoms with van der Waals surface area (Å²) in [5.74, 6) is -3.15. The van der Waals surface area contributed by atoms with E-state index in [2.05, 4.69) is 134 Å². The van der Waals surface area contributed by atoms with Crippen LogP contribution < -0.4 is 31.8 Å². The van der Waals surface area contributed by atoms with Crippen molar-refractivity contribution in [3.8, 4) is 0 Å². The predicted octanol–water partition coefficient (Wildman–Crippen LogP) is 7.90. The molecule has 0 aliphatic carbocycles. The molecule has 0 fully saturated rings. The van der Waals surface area contributed by atoms with Gasteiger partial charge in [-0.15, -0.1) is 0 Å². The van der Waals surface area contributed by atoms with Crippen molar-refractivity contribution in [2.45, 2.75) is 0 Å². The number of halogens is 1. The van der Waals surface area contributed by atoms with Crippen molar-refractivity contribution >= 4 is 56.9 Å². The molecule has 0 saturated carbocycles. The molecule has 0 aromatic heterocycles. The SMILES string of the molecule is [Au+].[CH2-]P(Cl)(c1ccccc1)(c1ccccc1)c1ccccc1.c1ccc(P(c2ccccc2)c2ccccc2)cc1. The summed E-state index contributed by atoms with van der Waals surface area (Å²) in [5, 5.41) is 7.45. The Morgan fingerprint density at radius 1 is 0.366 bits per heavy atom. The number of rotatable bonds is 6. The van der Waals surface area contributed by atoms with Gasteiger partial charge in [-0.3, -0.25) is 0 Å². The minimum absolute atomic E-state index is 0. The summed E-state index contributed by atoms with van der Waals surface area (Å²) in [4.78, 5) is 0. The zero-order valence-corrected chi connectivity index (χ0v) is 27.3. The smallest absolute Gasteiger partial charge is 0.0134 e. The largest absolute Gasteiger partial charge is 0.0622 e. The van der Waals surface area contributed by atoms with E-state index < -0.39 is 13.9 Å². The van der Waals surface area contributed by atoms with Crippen LogP contribution in [0.1, 0.15) is 0 Å². The summed E-state index contributed by atoms with van der Waals surface area (Å²) in [5.41, 5.74) is 0. The van der Waals surface area contributed by atoms with Crippen molar-refractivity contribution in [3.05, 3.63) is 189 Å². The topological polar surface area (TPSA) is 0 Å². The van der Waals surface area contributed by atoms with E-state index >= 15 is 0 Å². The van der Waals surface area contributed by atoms with E-state index in [9.17, 15) is 0 Å². The fourth-order valence-corrected chi connectivity index (χ4v) is 11.4. The Morgan fingerprint density at radius 3 is 0.780 bits per heavy atom. The Morgan fingerprint density at radius 2 is 0.561 bits per heavy atom. The average molecular weight is 771 g/mol. The van der Waals surface area contributed by atoms with Crippen LogP contribution >= 0.6 is 25.1 Å². The third kappa shape index (κ3) is 6.99. The second kappa shape index (κ2) is 14.4. The first-order valence-electron chi connectivity index (χ1n) is 13.3. The summed E-state index contributed by atoms with van der Waals surface area (Å²) >= 11 is 7.39. The van der Waals surface area contributed by atoms with Gasteiger partial charge in [0.25, 0.3) is 0 Å². The van der Waals surface area contributed by atoms with Crippen LogP contribution in [0.3, 0.4) is 0 Å². The van der Waals surface area contributed by atoms with Crippen LogP contribution in [0.5, 0.6) is 0 Å². The average Bonchev–Trinajstić information content (AvgIpc) is 3.04. The van der Waals surface area contributed by atoms with Crippen molar-refractivity contribution in [2.24, 2.45) is 0 Å². The first kappa shape index (κ1) is 31.2. The van der Waals surface area contributed by atoms with Crippen molar-refractivity contribution in [3.63, 3.8) is 0 Å². The van der Waals surface area contributed by atoms with Gasteiger partial charge in [-0.2, -0.15) is 0 Å². The minimum Gasteiger partial charge on any atom is -0.0622 e. The third-order valence-corrected chi connectivity index (χ3v) is 15.3. The first-order valence-corrected chi connectivity index (χ1v) is 18.0. The molecular formula is C37H32AuClP2. The normalized spacial score (nSPS) is 11.7. The van der Waals surface area contributed by atoms with Gasteiger partial charge in [-0.1, -0.05) is 91.0 Å². The van der Waals surface area contributed by atoms with Gasteiger partial charge in [0.2, 0.25) is 0 Å². The second-order valence-corrected chi connectivity index (χ2v) is 17.9. The van der Waals surface area contributed by atoms with Gasteiger partial charge in [0.05, 0.1) is 0 Å². The molecule has 4 heteroatoms. The molecule has 0 heterocycles. The molecule has 0 nitrogen and oxygen atoms in total. The molecule has 0 amide bonds. The van der Waals surface area contributed by atoms with E-state index in [1.54, 1.807) is 0 Å². The van der Waals surface area contributed by atoms with Crippen LogP contribution in [0.4, 0.5) is 0 Å². The van der Waals surface area contributed by atoms with Gasteiger partial charge in [-0.25, -0.2) is 0 Å².